The molecule has 98 valence electrons. The van der Waals surface area contributed by atoms with Gasteiger partial charge in [-0.25, -0.2) is 4.79 Å². The molecular formula is C14H13NO4. The van der Waals surface area contributed by atoms with Gasteiger partial charge in [0.2, 0.25) is 0 Å². The van der Waals surface area contributed by atoms with Gasteiger partial charge in [0.05, 0.1) is 19.8 Å². The van der Waals surface area contributed by atoms with Crippen molar-refractivity contribution in [2.75, 3.05) is 14.2 Å². The topological polar surface area (TPSA) is 68.7 Å². The fourth-order valence-corrected chi connectivity index (χ4v) is 1.73. The second kappa shape index (κ2) is 5.39. The molecule has 0 aliphatic carbocycles. The quantitative estimate of drug-likeness (QED) is 0.913. The zero-order valence-electron chi connectivity index (χ0n) is 10.6. The number of aromatic nitrogens is 1. The van der Waals surface area contributed by atoms with E-state index in [2.05, 4.69) is 4.98 Å². The zero-order valence-corrected chi connectivity index (χ0v) is 10.6. The van der Waals surface area contributed by atoms with Gasteiger partial charge in [0.25, 0.3) is 0 Å². The Hall–Kier alpha value is -2.56. The molecule has 19 heavy (non-hydrogen) atoms. The van der Waals surface area contributed by atoms with Crippen LogP contribution in [0.5, 0.6) is 11.5 Å². The van der Waals surface area contributed by atoms with Crippen molar-refractivity contribution < 1.29 is 19.4 Å². The van der Waals surface area contributed by atoms with Crippen LogP contribution < -0.4 is 9.47 Å². The molecule has 0 aliphatic rings. The molecule has 0 radical (unpaired) electrons. The molecule has 1 aromatic heterocycles. The van der Waals surface area contributed by atoms with Gasteiger partial charge >= 0.3 is 5.97 Å². The van der Waals surface area contributed by atoms with E-state index >= 15 is 0 Å². The summed E-state index contributed by atoms with van der Waals surface area (Å²) in [4.78, 5) is 14.9. The lowest BCUT2D eigenvalue weighted by Gasteiger charge is -2.09. The van der Waals surface area contributed by atoms with Crippen LogP contribution in [0.15, 0.2) is 36.7 Å². The molecule has 0 unspecified atom stereocenters. The minimum absolute atomic E-state index is 0.146. The number of carbonyl (C=O) groups is 1. The predicted octanol–water partition coefficient (Wildman–Crippen LogP) is 2.46. The third-order valence-electron chi connectivity index (χ3n) is 2.70. The summed E-state index contributed by atoms with van der Waals surface area (Å²) in [6.07, 6.45) is 2.92. The summed E-state index contributed by atoms with van der Waals surface area (Å²) in [5.41, 5.74) is 1.67. The Bertz CT molecular complexity index is 610. The fourth-order valence-electron chi connectivity index (χ4n) is 1.73. The molecule has 2 aromatic rings. The number of hydrogen-bond donors (Lipinski definition) is 1. The first-order valence-corrected chi connectivity index (χ1v) is 5.56. The van der Waals surface area contributed by atoms with Gasteiger partial charge in [-0.05, 0) is 23.8 Å². The largest absolute Gasteiger partial charge is 0.493 e. The van der Waals surface area contributed by atoms with Crippen molar-refractivity contribution in [2.45, 2.75) is 0 Å². The number of ether oxygens (including phenoxy) is 2. The maximum Gasteiger partial charge on any atom is 0.337 e. The van der Waals surface area contributed by atoms with Crippen molar-refractivity contribution in [3.8, 4) is 22.6 Å². The Labute approximate surface area is 110 Å². The summed E-state index contributed by atoms with van der Waals surface area (Å²) < 4.78 is 10.4. The number of benzene rings is 1. The van der Waals surface area contributed by atoms with E-state index in [1.54, 1.807) is 38.6 Å². The first-order valence-electron chi connectivity index (χ1n) is 5.56. The highest BCUT2D eigenvalue weighted by Crippen LogP contribution is 2.32. The molecule has 0 fully saturated rings. The summed E-state index contributed by atoms with van der Waals surface area (Å²) >= 11 is 0. The summed E-state index contributed by atoms with van der Waals surface area (Å²) in [6, 6.07) is 6.93. The molecule has 1 heterocycles. The Morgan fingerprint density at radius 1 is 1.05 bits per heavy atom. The lowest BCUT2D eigenvalue weighted by molar-refractivity contribution is 0.0696. The lowest BCUT2D eigenvalue weighted by Crippen LogP contribution is -1.97. The van der Waals surface area contributed by atoms with Crippen LogP contribution in [-0.4, -0.2) is 30.3 Å². The van der Waals surface area contributed by atoms with E-state index in [-0.39, 0.29) is 5.56 Å². The molecule has 0 amide bonds. The van der Waals surface area contributed by atoms with E-state index in [1.807, 2.05) is 6.07 Å². The highest BCUT2D eigenvalue weighted by molar-refractivity contribution is 5.88. The molecule has 0 bridgehead atoms. The number of nitrogens with zero attached hydrogens (tertiary/aromatic N) is 1. The number of methoxy groups -OCH3 is 2. The van der Waals surface area contributed by atoms with Crippen LogP contribution in [0.3, 0.4) is 0 Å². The number of carboxylic acids is 1. The van der Waals surface area contributed by atoms with E-state index < -0.39 is 5.97 Å². The maximum absolute atomic E-state index is 10.9. The van der Waals surface area contributed by atoms with Crippen LogP contribution >= 0.6 is 0 Å². The summed E-state index contributed by atoms with van der Waals surface area (Å²) in [7, 11) is 3.11. The summed E-state index contributed by atoms with van der Waals surface area (Å²) in [5, 5.41) is 8.95. The van der Waals surface area contributed by atoms with Gasteiger partial charge in [-0.1, -0.05) is 6.07 Å². The smallest absolute Gasteiger partial charge is 0.337 e. The zero-order chi connectivity index (χ0) is 13.8. The van der Waals surface area contributed by atoms with Gasteiger partial charge in [0.15, 0.2) is 11.5 Å². The second-order valence-corrected chi connectivity index (χ2v) is 3.84. The number of hydrogen-bond acceptors (Lipinski definition) is 4. The average molecular weight is 259 g/mol. The lowest BCUT2D eigenvalue weighted by atomic mass is 10.1. The van der Waals surface area contributed by atoms with Gasteiger partial charge < -0.3 is 14.6 Å². The van der Waals surface area contributed by atoms with Gasteiger partial charge in [-0.15, -0.1) is 0 Å². The monoisotopic (exact) mass is 259 g/mol. The van der Waals surface area contributed by atoms with Crippen molar-refractivity contribution in [3.05, 3.63) is 42.2 Å². The van der Waals surface area contributed by atoms with E-state index in [1.165, 1.54) is 6.20 Å². The highest BCUT2D eigenvalue weighted by Gasteiger charge is 2.09. The summed E-state index contributed by atoms with van der Waals surface area (Å²) in [6.45, 7) is 0. The standard InChI is InChI=1S/C14H13NO4/c1-18-12-4-3-9(6-13(12)19-2)10-5-11(14(16)17)8-15-7-10/h3-8H,1-2H3,(H,16,17). The van der Waals surface area contributed by atoms with Crippen molar-refractivity contribution in [2.24, 2.45) is 0 Å². The van der Waals surface area contributed by atoms with E-state index in [9.17, 15) is 4.79 Å². The molecule has 0 saturated heterocycles. The van der Waals surface area contributed by atoms with Crippen LogP contribution in [0.25, 0.3) is 11.1 Å². The first-order chi connectivity index (χ1) is 9.15. The first kappa shape index (κ1) is 12.9. The van der Waals surface area contributed by atoms with Crippen molar-refractivity contribution in [1.29, 1.82) is 0 Å². The van der Waals surface area contributed by atoms with Crippen molar-refractivity contribution >= 4 is 5.97 Å². The number of aromatic carboxylic acids is 1. The molecule has 5 heteroatoms. The van der Waals surface area contributed by atoms with E-state index in [4.69, 9.17) is 14.6 Å². The Morgan fingerprint density at radius 3 is 2.42 bits per heavy atom. The van der Waals surface area contributed by atoms with Gasteiger partial charge in [0.1, 0.15) is 0 Å². The summed E-state index contributed by atoms with van der Waals surface area (Å²) in [5.74, 6) is 0.198. The molecule has 1 N–H and O–H groups in total. The van der Waals surface area contributed by atoms with E-state index in [0.29, 0.717) is 17.1 Å². The van der Waals surface area contributed by atoms with Gasteiger partial charge in [-0.3, -0.25) is 4.98 Å². The minimum Gasteiger partial charge on any atom is -0.493 e. The van der Waals surface area contributed by atoms with Crippen LogP contribution in [-0.2, 0) is 0 Å². The highest BCUT2D eigenvalue weighted by atomic mass is 16.5. The number of pyridine rings is 1. The predicted molar refractivity (Wildman–Crippen MR) is 69.7 cm³/mol. The molecule has 0 spiro atoms. The van der Waals surface area contributed by atoms with Crippen molar-refractivity contribution in [3.63, 3.8) is 0 Å². The SMILES string of the molecule is COc1ccc(-c2cncc(C(=O)O)c2)cc1OC. The molecular weight excluding hydrogens is 246 g/mol. The molecule has 0 aliphatic heterocycles. The average Bonchev–Trinajstić information content (AvgIpc) is 2.46. The molecule has 1 aromatic carbocycles. The molecule has 2 rings (SSSR count). The maximum atomic E-state index is 10.9. The van der Waals surface area contributed by atoms with Crippen LogP contribution in [0.1, 0.15) is 10.4 Å². The Balaban J connectivity index is 2.47. The molecule has 0 saturated carbocycles. The number of carboxylic acid groups (broad SMARTS) is 1. The minimum atomic E-state index is -1.00. The fraction of sp³-hybridized carbons (Fsp3) is 0.143. The van der Waals surface area contributed by atoms with Crippen LogP contribution in [0, 0.1) is 0 Å². The third-order valence-corrected chi connectivity index (χ3v) is 2.70. The normalized spacial score (nSPS) is 10.0. The number of rotatable bonds is 4. The van der Waals surface area contributed by atoms with Crippen LogP contribution in [0.2, 0.25) is 0 Å². The second-order valence-electron chi connectivity index (χ2n) is 3.84. The third kappa shape index (κ3) is 2.65. The molecule has 5 nitrogen and oxygen atoms in total. The van der Waals surface area contributed by atoms with Gasteiger partial charge in [0, 0.05) is 18.0 Å². The van der Waals surface area contributed by atoms with Gasteiger partial charge in [-0.2, -0.15) is 0 Å². The molecule has 0 atom stereocenters. The van der Waals surface area contributed by atoms with Crippen LogP contribution in [0.4, 0.5) is 0 Å². The Morgan fingerprint density at radius 2 is 1.79 bits per heavy atom. The Kier molecular flexibility index (Phi) is 3.66. The van der Waals surface area contributed by atoms with E-state index in [0.717, 1.165) is 5.56 Å². The van der Waals surface area contributed by atoms with Crippen molar-refractivity contribution in [1.82, 2.24) is 4.98 Å².